The zero-order chi connectivity index (χ0) is 20.9. The Hall–Kier alpha value is -2.58. The fourth-order valence-corrected chi connectivity index (χ4v) is 3.44. The molecule has 0 saturated heterocycles. The summed E-state index contributed by atoms with van der Waals surface area (Å²) in [4.78, 5) is 24.3. The van der Waals surface area contributed by atoms with E-state index in [-0.39, 0.29) is 12.6 Å². The van der Waals surface area contributed by atoms with E-state index >= 15 is 0 Å². The molecule has 0 amide bonds. The molecule has 2 heterocycles. The number of rotatable bonds is 8. The molecule has 8 nitrogen and oxygen atoms in total. The Labute approximate surface area is 171 Å². The number of nitrogens with zero attached hydrogens (tertiary/aromatic N) is 3. The van der Waals surface area contributed by atoms with Gasteiger partial charge in [-0.1, -0.05) is 0 Å². The van der Waals surface area contributed by atoms with E-state index in [4.69, 9.17) is 9.72 Å². The molecule has 0 radical (unpaired) electrons. The van der Waals surface area contributed by atoms with E-state index in [1.807, 2.05) is 6.07 Å². The lowest BCUT2D eigenvalue weighted by molar-refractivity contribution is -0.106. The van der Waals surface area contributed by atoms with Gasteiger partial charge in [0.1, 0.15) is 11.9 Å². The van der Waals surface area contributed by atoms with Gasteiger partial charge >= 0.3 is 0 Å². The van der Waals surface area contributed by atoms with Crippen molar-refractivity contribution in [3.8, 4) is 11.3 Å². The highest BCUT2D eigenvalue weighted by Crippen LogP contribution is 2.28. The highest BCUT2D eigenvalue weighted by Gasteiger charge is 2.22. The second-order valence-electron chi connectivity index (χ2n) is 7.84. The van der Waals surface area contributed by atoms with Crippen molar-refractivity contribution < 1.29 is 14.6 Å². The number of carbonyl (C=O) groups excluding carboxylic acids is 1. The van der Waals surface area contributed by atoms with Crippen LogP contribution in [0.4, 0.5) is 11.6 Å². The average Bonchev–Trinajstić information content (AvgIpc) is 2.73. The van der Waals surface area contributed by atoms with Crippen LogP contribution in [0.2, 0.25) is 0 Å². The third kappa shape index (κ3) is 5.48. The van der Waals surface area contributed by atoms with E-state index in [2.05, 4.69) is 20.6 Å². The van der Waals surface area contributed by atoms with E-state index in [9.17, 15) is 9.90 Å². The molecule has 2 aromatic heterocycles. The van der Waals surface area contributed by atoms with E-state index in [0.29, 0.717) is 29.1 Å². The zero-order valence-electron chi connectivity index (χ0n) is 17.2. The van der Waals surface area contributed by atoms with Crippen molar-refractivity contribution in [1.29, 1.82) is 0 Å². The Morgan fingerprint density at radius 3 is 2.52 bits per heavy atom. The highest BCUT2D eigenvalue weighted by atomic mass is 16.5. The second-order valence-corrected chi connectivity index (χ2v) is 7.84. The second kappa shape index (κ2) is 9.28. The number of hydrogen-bond acceptors (Lipinski definition) is 8. The first-order valence-corrected chi connectivity index (χ1v) is 9.94. The molecule has 29 heavy (non-hydrogen) atoms. The largest absolute Gasteiger partial charge is 0.384 e. The van der Waals surface area contributed by atoms with Crippen molar-refractivity contribution in [3.63, 3.8) is 0 Å². The molecule has 3 N–H and O–H groups in total. The summed E-state index contributed by atoms with van der Waals surface area (Å²) in [5.74, 6) is 1.17. The van der Waals surface area contributed by atoms with E-state index in [1.54, 1.807) is 39.4 Å². The van der Waals surface area contributed by atoms with Crippen LogP contribution in [0.5, 0.6) is 0 Å². The van der Waals surface area contributed by atoms with Crippen LogP contribution in [0, 0.1) is 0 Å². The third-order valence-corrected chi connectivity index (χ3v) is 5.16. The third-order valence-electron chi connectivity index (χ3n) is 5.16. The molecule has 8 heteroatoms. The molecule has 1 aliphatic rings. The summed E-state index contributed by atoms with van der Waals surface area (Å²) in [6.45, 7) is 3.56. The topological polar surface area (TPSA) is 109 Å². The lowest BCUT2D eigenvalue weighted by atomic mass is 9.93. The fraction of sp³-hybridized carbons (Fsp3) is 0.524. The van der Waals surface area contributed by atoms with Crippen LogP contribution in [-0.4, -0.2) is 52.1 Å². The van der Waals surface area contributed by atoms with Crippen molar-refractivity contribution in [2.45, 2.75) is 57.3 Å². The summed E-state index contributed by atoms with van der Waals surface area (Å²) in [6, 6.07) is 3.93. The normalized spacial score (nSPS) is 19.6. The van der Waals surface area contributed by atoms with E-state index < -0.39 is 5.60 Å². The minimum absolute atomic E-state index is 0.168. The van der Waals surface area contributed by atoms with Crippen LogP contribution < -0.4 is 10.6 Å². The number of aliphatic hydroxyl groups is 1. The molecule has 0 unspecified atom stereocenters. The Morgan fingerprint density at radius 2 is 1.93 bits per heavy atom. The molecule has 0 aliphatic heterocycles. The van der Waals surface area contributed by atoms with Crippen LogP contribution >= 0.6 is 0 Å². The molecule has 0 spiro atoms. The molecule has 0 bridgehead atoms. The number of aldehydes is 1. The molecule has 1 aliphatic carbocycles. The van der Waals surface area contributed by atoms with Crippen molar-refractivity contribution in [2.24, 2.45) is 0 Å². The van der Waals surface area contributed by atoms with Crippen molar-refractivity contribution in [1.82, 2.24) is 15.0 Å². The highest BCUT2D eigenvalue weighted by molar-refractivity contribution is 5.69. The molecule has 156 valence electrons. The van der Waals surface area contributed by atoms with Crippen molar-refractivity contribution in [2.75, 3.05) is 24.3 Å². The first kappa shape index (κ1) is 21.1. The first-order valence-electron chi connectivity index (χ1n) is 9.94. The molecule has 1 saturated carbocycles. The summed E-state index contributed by atoms with van der Waals surface area (Å²) >= 11 is 0. The van der Waals surface area contributed by atoms with Gasteiger partial charge in [-0.15, -0.1) is 0 Å². The van der Waals surface area contributed by atoms with Gasteiger partial charge in [-0.2, -0.15) is 0 Å². The van der Waals surface area contributed by atoms with Gasteiger partial charge in [0.2, 0.25) is 0 Å². The summed E-state index contributed by atoms with van der Waals surface area (Å²) in [5, 5.41) is 16.6. The lowest BCUT2D eigenvalue weighted by Gasteiger charge is -2.29. The van der Waals surface area contributed by atoms with Crippen LogP contribution in [0.1, 0.15) is 45.2 Å². The van der Waals surface area contributed by atoms with Crippen LogP contribution in [0.3, 0.4) is 0 Å². The number of anilines is 2. The number of methoxy groups -OCH3 is 1. The Kier molecular flexibility index (Phi) is 6.76. The number of nitrogens with one attached hydrogen (secondary N) is 2. The molecule has 0 aromatic carbocycles. The Morgan fingerprint density at radius 1 is 1.17 bits per heavy atom. The minimum atomic E-state index is -0.999. The van der Waals surface area contributed by atoms with Crippen molar-refractivity contribution >= 4 is 17.9 Å². The van der Waals surface area contributed by atoms with E-state index in [0.717, 1.165) is 37.5 Å². The molecular formula is C21H29N5O3. The Balaban J connectivity index is 1.82. The van der Waals surface area contributed by atoms with Crippen LogP contribution in [0.25, 0.3) is 11.3 Å². The summed E-state index contributed by atoms with van der Waals surface area (Å²) in [5.41, 5.74) is 1.07. The maximum Gasteiger partial charge on any atom is 0.169 e. The molecule has 3 rings (SSSR count). The first-order chi connectivity index (χ1) is 13.9. The van der Waals surface area contributed by atoms with Gasteiger partial charge in [0, 0.05) is 24.9 Å². The van der Waals surface area contributed by atoms with Gasteiger partial charge in [0.15, 0.2) is 11.6 Å². The minimum Gasteiger partial charge on any atom is -0.384 e. The number of aromatic nitrogens is 3. The van der Waals surface area contributed by atoms with Gasteiger partial charge in [-0.3, -0.25) is 4.98 Å². The lowest BCUT2D eigenvalue weighted by Crippen LogP contribution is -2.30. The van der Waals surface area contributed by atoms with Gasteiger partial charge in [0.25, 0.3) is 0 Å². The summed E-state index contributed by atoms with van der Waals surface area (Å²) in [7, 11) is 1.76. The number of pyridine rings is 1. The average molecular weight is 404 g/mol. The van der Waals surface area contributed by atoms with Crippen molar-refractivity contribution in [3.05, 3.63) is 30.2 Å². The zero-order valence-corrected chi connectivity index (χ0v) is 17.2. The van der Waals surface area contributed by atoms with Crippen LogP contribution in [-0.2, 0) is 15.1 Å². The molecule has 1 fully saturated rings. The number of carbonyl (C=O) groups is 1. The monoisotopic (exact) mass is 404 g/mol. The molecular weight excluding hydrogens is 375 g/mol. The standard InChI is InChI=1S/C21H29N5O3/c1-21(2,28)18-9-4-14(12-23-18)17-13-24-19(22-10-11-27)20(26-17)25-15-5-7-16(29-3)8-6-15/h4,9,11-13,15-16,28H,5-8,10H2,1-3H3,(H,22,24)(H,25,26)/i1+1,2+1,10+1,11+1,21+1. The predicted octanol–water partition coefficient (Wildman–Crippen LogP) is 2.75. The maximum absolute atomic E-state index is 10.8. The van der Waals surface area contributed by atoms with E-state index in [1.165, 1.54) is 0 Å². The summed E-state index contributed by atoms with van der Waals surface area (Å²) < 4.78 is 5.45. The molecule has 0 atom stereocenters. The van der Waals surface area contributed by atoms with Gasteiger partial charge in [-0.25, -0.2) is 9.97 Å². The summed E-state index contributed by atoms with van der Waals surface area (Å²) in [6.07, 6.45) is 8.42. The van der Waals surface area contributed by atoms with Gasteiger partial charge in [-0.05, 0) is 51.7 Å². The fourth-order valence-electron chi connectivity index (χ4n) is 3.44. The number of ether oxygens (including phenoxy) is 1. The predicted molar refractivity (Wildman–Crippen MR) is 112 cm³/mol. The smallest absolute Gasteiger partial charge is 0.169 e. The maximum atomic E-state index is 10.8. The number of hydrogen-bond donors (Lipinski definition) is 3. The molecule has 2 aromatic rings. The Bertz CT molecular complexity index is 812. The van der Waals surface area contributed by atoms with Crippen LogP contribution in [0.15, 0.2) is 24.5 Å². The SMILES string of the molecule is COC1CCC(Nc2nc(-c3ccc([13C]([13CH3])([13CH3])O)nc3)cnc2N[13CH2][13CH]=O)CC1. The van der Waals surface area contributed by atoms with Gasteiger partial charge < -0.3 is 25.3 Å². The quantitative estimate of drug-likeness (QED) is 0.455. The van der Waals surface area contributed by atoms with Gasteiger partial charge in [0.05, 0.1) is 30.2 Å².